The number of nitrogens with zero attached hydrogens (tertiary/aromatic N) is 1. The molecule has 0 aromatic heterocycles. The van der Waals surface area contributed by atoms with Crippen LogP contribution >= 0.6 is 15.9 Å². The normalized spacial score (nSPS) is 35.6. The van der Waals surface area contributed by atoms with E-state index in [0.29, 0.717) is 19.4 Å². The maximum atomic E-state index is 13.7. The van der Waals surface area contributed by atoms with E-state index in [2.05, 4.69) is 26.6 Å². The van der Waals surface area contributed by atoms with Crippen molar-refractivity contribution < 1.29 is 24.2 Å². The molecule has 0 aromatic rings. The van der Waals surface area contributed by atoms with Crippen molar-refractivity contribution in [2.45, 2.75) is 75.1 Å². The van der Waals surface area contributed by atoms with Crippen molar-refractivity contribution in [1.29, 1.82) is 0 Å². The van der Waals surface area contributed by atoms with Crippen LogP contribution in [0.3, 0.4) is 0 Å². The van der Waals surface area contributed by atoms with Crippen LogP contribution in [0.5, 0.6) is 0 Å². The van der Waals surface area contributed by atoms with E-state index < -0.39 is 35.6 Å². The molecule has 3 aliphatic heterocycles. The number of nitrogens with one attached hydrogen (secondary N) is 2. The highest BCUT2D eigenvalue weighted by molar-refractivity contribution is 9.09. The van der Waals surface area contributed by atoms with Gasteiger partial charge in [0.05, 0.1) is 30.6 Å². The van der Waals surface area contributed by atoms with Crippen molar-refractivity contribution >= 4 is 33.7 Å². The van der Waals surface area contributed by atoms with Crippen molar-refractivity contribution in [1.82, 2.24) is 15.5 Å². The van der Waals surface area contributed by atoms with Gasteiger partial charge in [0, 0.05) is 18.4 Å². The van der Waals surface area contributed by atoms with Gasteiger partial charge < -0.3 is 25.4 Å². The Hall–Kier alpha value is -1.19. The number of likely N-dealkylation sites (tertiary alicyclic amines) is 1. The zero-order valence-electron chi connectivity index (χ0n) is 18.2. The van der Waals surface area contributed by atoms with Gasteiger partial charge in [0.25, 0.3) is 0 Å². The second kappa shape index (κ2) is 9.12. The quantitative estimate of drug-likeness (QED) is 0.329. The lowest BCUT2D eigenvalue weighted by Gasteiger charge is -2.37. The highest BCUT2D eigenvalue weighted by atomic mass is 79.9. The molecule has 7 atom stereocenters. The summed E-state index contributed by atoms with van der Waals surface area (Å²) in [4.78, 5) is 41.2. The van der Waals surface area contributed by atoms with E-state index in [1.165, 1.54) is 4.90 Å². The van der Waals surface area contributed by atoms with Crippen LogP contribution in [0, 0.1) is 17.8 Å². The van der Waals surface area contributed by atoms with Gasteiger partial charge in [0.1, 0.15) is 11.6 Å². The van der Waals surface area contributed by atoms with Crippen LogP contribution in [-0.2, 0) is 19.1 Å². The minimum Gasteiger partial charge on any atom is -0.394 e. The van der Waals surface area contributed by atoms with E-state index in [9.17, 15) is 19.5 Å². The molecule has 3 saturated heterocycles. The van der Waals surface area contributed by atoms with Crippen molar-refractivity contribution in [3.05, 3.63) is 0 Å². The van der Waals surface area contributed by atoms with Gasteiger partial charge in [-0.15, -0.1) is 0 Å². The molecule has 8 nitrogen and oxygen atoms in total. The van der Waals surface area contributed by atoms with Gasteiger partial charge in [-0.05, 0) is 25.2 Å². The first-order chi connectivity index (χ1) is 14.2. The Kier molecular flexibility index (Phi) is 7.14. The fourth-order valence-electron chi connectivity index (χ4n) is 5.53. The zero-order valence-corrected chi connectivity index (χ0v) is 19.8. The summed E-state index contributed by atoms with van der Waals surface area (Å²) in [6.07, 6.45) is 2.36. The average molecular weight is 488 g/mol. The Morgan fingerprint density at radius 2 is 2.07 bits per heavy atom. The third-order valence-corrected chi connectivity index (χ3v) is 7.55. The third-order valence-electron chi connectivity index (χ3n) is 6.70. The molecule has 0 saturated carbocycles. The number of ether oxygens (including phenoxy) is 1. The molecule has 170 valence electrons. The summed E-state index contributed by atoms with van der Waals surface area (Å²) in [5.41, 5.74) is -1.06. The molecule has 0 aromatic carbocycles. The lowest BCUT2D eigenvalue weighted by molar-refractivity contribution is -0.146. The molecule has 3 amide bonds. The lowest BCUT2D eigenvalue weighted by Crippen LogP contribution is -2.58. The maximum absolute atomic E-state index is 13.7. The number of rotatable bonds is 9. The van der Waals surface area contributed by atoms with Crippen LogP contribution in [-0.4, -0.2) is 76.5 Å². The first-order valence-electron chi connectivity index (χ1n) is 11.0. The molecular formula is C21H34BrN3O5. The monoisotopic (exact) mass is 487 g/mol. The molecule has 3 N–H and O–H groups in total. The summed E-state index contributed by atoms with van der Waals surface area (Å²) in [6, 6.07) is -1.36. The molecule has 1 spiro atoms. The number of hydrogen-bond donors (Lipinski definition) is 3. The van der Waals surface area contributed by atoms with Crippen LogP contribution in [0.4, 0.5) is 0 Å². The third kappa shape index (κ3) is 3.66. The van der Waals surface area contributed by atoms with Gasteiger partial charge in [0.2, 0.25) is 17.7 Å². The number of halogens is 1. The van der Waals surface area contributed by atoms with E-state index in [0.717, 1.165) is 12.8 Å². The Bertz CT molecular complexity index is 690. The van der Waals surface area contributed by atoms with Gasteiger partial charge in [-0.25, -0.2) is 0 Å². The van der Waals surface area contributed by atoms with Gasteiger partial charge in [-0.2, -0.15) is 0 Å². The lowest BCUT2D eigenvalue weighted by atomic mass is 9.70. The molecule has 0 aliphatic carbocycles. The van der Waals surface area contributed by atoms with E-state index in [-0.39, 0.29) is 35.1 Å². The number of aliphatic hydroxyl groups excluding tert-OH is 1. The Labute approximate surface area is 186 Å². The number of alkyl halides is 1. The standard InChI is InChI=1S/C21H34BrN3O5/c1-5-6-7-24-19(28)17-21-9-13(22)16(30-21)14(18(27)23-4)15(21)20(29)25(17)12(10-26)8-11(2)3/h11-17,26H,5-10H2,1-4H3,(H,23,27)(H,24,28)/t12-,13?,14-,15+,16-,17?,21?/m1/s1. The van der Waals surface area contributed by atoms with Crippen LogP contribution in [0.25, 0.3) is 0 Å². The van der Waals surface area contributed by atoms with E-state index in [1.807, 2.05) is 20.8 Å². The summed E-state index contributed by atoms with van der Waals surface area (Å²) in [5.74, 6) is -1.93. The van der Waals surface area contributed by atoms with Crippen molar-refractivity contribution in [3.63, 3.8) is 0 Å². The van der Waals surface area contributed by atoms with Gasteiger partial charge >= 0.3 is 0 Å². The molecule has 3 fully saturated rings. The summed E-state index contributed by atoms with van der Waals surface area (Å²) < 4.78 is 6.36. The number of carbonyl (C=O) groups is 3. The second-order valence-electron chi connectivity index (χ2n) is 9.13. The SMILES string of the molecule is CCCCNC(=O)C1N([C@@H](CO)CC(C)C)C(=O)[C@@H]2[C@@H](C(=O)NC)[C@@H]3OC12CC3Br. The zero-order chi connectivity index (χ0) is 22.2. The minimum atomic E-state index is -1.06. The smallest absolute Gasteiger partial charge is 0.245 e. The van der Waals surface area contributed by atoms with Crippen molar-refractivity contribution in [2.75, 3.05) is 20.2 Å². The number of amides is 3. The number of unbranched alkanes of at least 4 members (excludes halogenated alkanes) is 1. The molecule has 3 rings (SSSR count). The molecule has 3 heterocycles. The summed E-state index contributed by atoms with van der Waals surface area (Å²) >= 11 is 3.62. The van der Waals surface area contributed by atoms with E-state index in [4.69, 9.17) is 4.74 Å². The van der Waals surface area contributed by atoms with E-state index in [1.54, 1.807) is 7.05 Å². The number of hydrogen-bond acceptors (Lipinski definition) is 5. The van der Waals surface area contributed by atoms with Gasteiger partial charge in [-0.1, -0.05) is 43.1 Å². The predicted molar refractivity (Wildman–Crippen MR) is 115 cm³/mol. The molecule has 0 radical (unpaired) electrons. The Morgan fingerprint density at radius 3 is 2.63 bits per heavy atom. The Balaban J connectivity index is 2.03. The fraction of sp³-hybridized carbons (Fsp3) is 0.857. The summed E-state index contributed by atoms with van der Waals surface area (Å²) in [5, 5.41) is 15.7. The summed E-state index contributed by atoms with van der Waals surface area (Å²) in [7, 11) is 1.55. The van der Waals surface area contributed by atoms with Crippen molar-refractivity contribution in [2.24, 2.45) is 17.8 Å². The number of fused-ring (bicyclic) bond motifs is 1. The first-order valence-corrected chi connectivity index (χ1v) is 11.9. The highest BCUT2D eigenvalue weighted by Gasteiger charge is 2.76. The second-order valence-corrected chi connectivity index (χ2v) is 10.3. The first kappa shape index (κ1) is 23.5. The van der Waals surface area contributed by atoms with Crippen LogP contribution < -0.4 is 10.6 Å². The predicted octanol–water partition coefficient (Wildman–Crippen LogP) is 0.804. The minimum absolute atomic E-state index is 0.118. The highest BCUT2D eigenvalue weighted by Crippen LogP contribution is 2.60. The summed E-state index contributed by atoms with van der Waals surface area (Å²) in [6.45, 7) is 6.35. The maximum Gasteiger partial charge on any atom is 0.245 e. The molecule has 3 unspecified atom stereocenters. The van der Waals surface area contributed by atoms with Crippen LogP contribution in [0.1, 0.15) is 46.5 Å². The van der Waals surface area contributed by atoms with Crippen molar-refractivity contribution in [3.8, 4) is 0 Å². The number of carbonyl (C=O) groups excluding carboxylic acids is 3. The molecular weight excluding hydrogens is 454 g/mol. The van der Waals surface area contributed by atoms with Crippen LogP contribution in [0.2, 0.25) is 0 Å². The number of aliphatic hydroxyl groups is 1. The molecule has 30 heavy (non-hydrogen) atoms. The van der Waals surface area contributed by atoms with Crippen LogP contribution in [0.15, 0.2) is 0 Å². The average Bonchev–Trinajstić information content (AvgIpc) is 3.29. The fourth-order valence-corrected chi connectivity index (χ4v) is 6.47. The molecule has 9 heteroatoms. The molecule has 2 bridgehead atoms. The largest absolute Gasteiger partial charge is 0.394 e. The van der Waals surface area contributed by atoms with Gasteiger partial charge in [0.15, 0.2) is 0 Å². The van der Waals surface area contributed by atoms with E-state index >= 15 is 0 Å². The van der Waals surface area contributed by atoms with Gasteiger partial charge in [-0.3, -0.25) is 14.4 Å². The Morgan fingerprint density at radius 1 is 1.37 bits per heavy atom. The molecule has 3 aliphatic rings. The topological polar surface area (TPSA) is 108 Å².